The Balaban J connectivity index is 1.56. The van der Waals surface area contributed by atoms with Gasteiger partial charge in [-0.1, -0.05) is 24.3 Å². The summed E-state index contributed by atoms with van der Waals surface area (Å²) in [6, 6.07) is 14.4. The van der Waals surface area contributed by atoms with E-state index in [1.807, 2.05) is 36.4 Å². The van der Waals surface area contributed by atoms with Gasteiger partial charge in [-0.3, -0.25) is 4.98 Å². The Morgan fingerprint density at radius 2 is 1.74 bits per heavy atom. The first-order valence-corrected chi connectivity index (χ1v) is 7.54. The van der Waals surface area contributed by atoms with Gasteiger partial charge in [0.2, 0.25) is 5.95 Å². The number of rotatable bonds is 6. The second-order valence-corrected chi connectivity index (χ2v) is 5.10. The van der Waals surface area contributed by atoms with Crippen LogP contribution in [0, 0.1) is 5.82 Å². The second-order valence-electron chi connectivity index (χ2n) is 5.10. The predicted molar refractivity (Wildman–Crippen MR) is 88.5 cm³/mol. The Bertz CT molecular complexity index is 762. The minimum atomic E-state index is -0.152. The molecule has 3 aromatic rings. The van der Waals surface area contributed by atoms with Crippen LogP contribution >= 0.6 is 0 Å². The highest BCUT2D eigenvalue weighted by atomic mass is 19.1. The average molecular weight is 308 g/mol. The topological polar surface area (TPSA) is 50.7 Å². The minimum absolute atomic E-state index is 0.152. The summed E-state index contributed by atoms with van der Waals surface area (Å²) in [7, 11) is 0. The van der Waals surface area contributed by atoms with E-state index in [4.69, 9.17) is 0 Å². The van der Waals surface area contributed by atoms with Crippen molar-refractivity contribution in [2.24, 2.45) is 0 Å². The monoisotopic (exact) mass is 308 g/mol. The Kier molecular flexibility index (Phi) is 4.88. The third-order valence-electron chi connectivity index (χ3n) is 3.45. The molecule has 0 atom stereocenters. The Morgan fingerprint density at radius 3 is 2.57 bits per heavy atom. The van der Waals surface area contributed by atoms with Crippen molar-refractivity contribution in [2.45, 2.75) is 12.8 Å². The summed E-state index contributed by atoms with van der Waals surface area (Å²) < 4.78 is 13.5. The molecule has 2 heterocycles. The molecule has 3 rings (SSSR count). The van der Waals surface area contributed by atoms with Gasteiger partial charge in [0.15, 0.2) is 0 Å². The maximum Gasteiger partial charge on any atom is 0.223 e. The van der Waals surface area contributed by atoms with Crippen LogP contribution in [0.5, 0.6) is 0 Å². The number of nitrogens with zero attached hydrogens (tertiary/aromatic N) is 3. The van der Waals surface area contributed by atoms with Gasteiger partial charge in [0.05, 0.1) is 11.4 Å². The van der Waals surface area contributed by atoms with Crippen LogP contribution in [0.2, 0.25) is 0 Å². The van der Waals surface area contributed by atoms with E-state index < -0.39 is 0 Å². The largest absolute Gasteiger partial charge is 0.354 e. The van der Waals surface area contributed by atoms with Gasteiger partial charge in [-0.15, -0.1) is 0 Å². The summed E-state index contributed by atoms with van der Waals surface area (Å²) in [5, 5.41) is 3.17. The van der Waals surface area contributed by atoms with Crippen molar-refractivity contribution in [1.82, 2.24) is 15.0 Å². The molecule has 1 aromatic carbocycles. The molecule has 0 unspecified atom stereocenters. The number of hydrogen-bond donors (Lipinski definition) is 1. The Morgan fingerprint density at radius 1 is 0.870 bits per heavy atom. The lowest BCUT2D eigenvalue weighted by Gasteiger charge is -2.07. The molecule has 0 aliphatic carbocycles. The molecule has 1 N–H and O–H groups in total. The van der Waals surface area contributed by atoms with Crippen molar-refractivity contribution in [3.8, 4) is 11.4 Å². The summed E-state index contributed by atoms with van der Waals surface area (Å²) in [5.41, 5.74) is 2.32. The first kappa shape index (κ1) is 15.1. The van der Waals surface area contributed by atoms with Crippen LogP contribution < -0.4 is 5.32 Å². The molecule has 23 heavy (non-hydrogen) atoms. The highest BCUT2D eigenvalue weighted by Gasteiger charge is 2.03. The van der Waals surface area contributed by atoms with Gasteiger partial charge in [0, 0.05) is 18.9 Å². The van der Waals surface area contributed by atoms with Crippen molar-refractivity contribution < 1.29 is 4.39 Å². The van der Waals surface area contributed by atoms with Crippen LogP contribution in [0.3, 0.4) is 0 Å². The molecule has 0 saturated carbocycles. The zero-order chi connectivity index (χ0) is 15.9. The van der Waals surface area contributed by atoms with Crippen molar-refractivity contribution in [3.63, 3.8) is 0 Å². The second kappa shape index (κ2) is 7.45. The van der Waals surface area contributed by atoms with Crippen LogP contribution in [-0.2, 0) is 6.42 Å². The van der Waals surface area contributed by atoms with E-state index in [-0.39, 0.29) is 5.82 Å². The van der Waals surface area contributed by atoms with E-state index in [0.29, 0.717) is 18.9 Å². The fourth-order valence-corrected chi connectivity index (χ4v) is 2.28. The number of hydrogen-bond acceptors (Lipinski definition) is 4. The van der Waals surface area contributed by atoms with Crippen LogP contribution in [-0.4, -0.2) is 21.5 Å². The first-order chi connectivity index (χ1) is 11.3. The lowest BCUT2D eigenvalue weighted by Crippen LogP contribution is -2.07. The third-order valence-corrected chi connectivity index (χ3v) is 3.45. The number of halogens is 1. The molecule has 5 heteroatoms. The number of pyridine rings is 1. The fraction of sp³-hybridized carbons (Fsp3) is 0.167. The van der Waals surface area contributed by atoms with Crippen molar-refractivity contribution in [3.05, 3.63) is 72.3 Å². The summed E-state index contributed by atoms with van der Waals surface area (Å²) >= 11 is 0. The molecule has 0 aliphatic rings. The lowest BCUT2D eigenvalue weighted by atomic mass is 10.1. The summed E-state index contributed by atoms with van der Waals surface area (Å²) in [5.74, 6) is 0.405. The van der Waals surface area contributed by atoms with Crippen LogP contribution in [0.4, 0.5) is 10.3 Å². The normalized spacial score (nSPS) is 10.5. The number of nitrogens with one attached hydrogen (secondary N) is 1. The molecule has 0 saturated heterocycles. The zero-order valence-corrected chi connectivity index (χ0v) is 12.6. The smallest absolute Gasteiger partial charge is 0.223 e. The van der Waals surface area contributed by atoms with Crippen molar-refractivity contribution >= 4 is 5.95 Å². The summed E-state index contributed by atoms with van der Waals surface area (Å²) in [4.78, 5) is 12.9. The average Bonchev–Trinajstić information content (AvgIpc) is 2.61. The summed E-state index contributed by atoms with van der Waals surface area (Å²) in [6.07, 6.45) is 4.92. The van der Waals surface area contributed by atoms with Gasteiger partial charge in [0.25, 0.3) is 0 Å². The van der Waals surface area contributed by atoms with E-state index in [1.54, 1.807) is 18.5 Å². The molecule has 116 valence electrons. The molecule has 0 aliphatic heterocycles. The van der Waals surface area contributed by atoms with E-state index in [0.717, 1.165) is 23.4 Å². The highest BCUT2D eigenvalue weighted by Crippen LogP contribution is 2.14. The van der Waals surface area contributed by atoms with Crippen LogP contribution in [0.15, 0.2) is 60.9 Å². The fourth-order valence-electron chi connectivity index (χ4n) is 2.28. The van der Waals surface area contributed by atoms with Crippen molar-refractivity contribution in [1.29, 1.82) is 0 Å². The number of aryl methyl sites for hydroxylation is 1. The molecule has 2 aromatic heterocycles. The molecule has 0 radical (unpaired) electrons. The molecule has 4 nitrogen and oxygen atoms in total. The van der Waals surface area contributed by atoms with E-state index >= 15 is 0 Å². The van der Waals surface area contributed by atoms with Gasteiger partial charge < -0.3 is 5.32 Å². The lowest BCUT2D eigenvalue weighted by molar-refractivity contribution is 0.606. The zero-order valence-electron chi connectivity index (χ0n) is 12.6. The maximum absolute atomic E-state index is 13.5. The molecule has 0 spiro atoms. The van der Waals surface area contributed by atoms with E-state index in [2.05, 4.69) is 20.3 Å². The number of anilines is 1. The molecule has 0 amide bonds. The quantitative estimate of drug-likeness (QED) is 0.705. The first-order valence-electron chi connectivity index (χ1n) is 7.54. The van der Waals surface area contributed by atoms with Gasteiger partial charge in [0.1, 0.15) is 5.82 Å². The molecular weight excluding hydrogens is 291 g/mol. The number of benzene rings is 1. The molecule has 0 bridgehead atoms. The Labute approximate surface area is 134 Å². The van der Waals surface area contributed by atoms with Gasteiger partial charge in [-0.25, -0.2) is 14.4 Å². The SMILES string of the molecule is Fc1ccccc1CCCNc1nccc(-c2ccccn2)n1. The number of aromatic nitrogens is 3. The molecular formula is C18H17FN4. The predicted octanol–water partition coefficient (Wildman–Crippen LogP) is 3.72. The standard InChI is InChI=1S/C18H17FN4/c19-15-8-2-1-6-14(15)7-5-12-21-18-22-13-10-17(23-18)16-9-3-4-11-20-16/h1-4,6,8-11,13H,5,7,12H2,(H,21,22,23). The molecule has 0 fully saturated rings. The van der Waals surface area contributed by atoms with E-state index in [1.165, 1.54) is 6.07 Å². The third kappa shape index (κ3) is 4.10. The maximum atomic E-state index is 13.5. The highest BCUT2D eigenvalue weighted by molar-refractivity contribution is 5.54. The Hall–Kier alpha value is -2.82. The van der Waals surface area contributed by atoms with Crippen molar-refractivity contribution in [2.75, 3.05) is 11.9 Å². The van der Waals surface area contributed by atoms with Gasteiger partial charge in [-0.2, -0.15) is 0 Å². The van der Waals surface area contributed by atoms with E-state index in [9.17, 15) is 4.39 Å². The summed E-state index contributed by atoms with van der Waals surface area (Å²) in [6.45, 7) is 0.681. The van der Waals surface area contributed by atoms with Gasteiger partial charge >= 0.3 is 0 Å². The van der Waals surface area contributed by atoms with Gasteiger partial charge in [-0.05, 0) is 42.7 Å². The van der Waals surface area contributed by atoms with Crippen LogP contribution in [0.25, 0.3) is 11.4 Å². The minimum Gasteiger partial charge on any atom is -0.354 e. The van der Waals surface area contributed by atoms with Crippen LogP contribution in [0.1, 0.15) is 12.0 Å².